The molecule has 0 aliphatic carbocycles. The van der Waals surface area contributed by atoms with Gasteiger partial charge in [-0.3, -0.25) is 13.9 Å². The molecule has 2 aromatic rings. The highest BCUT2D eigenvalue weighted by Crippen LogP contribution is 2.30. The van der Waals surface area contributed by atoms with E-state index in [2.05, 4.69) is 5.32 Å². The number of hydrogen-bond acceptors (Lipinski definition) is 5. The van der Waals surface area contributed by atoms with Crippen LogP contribution in [-0.2, 0) is 26.2 Å². The van der Waals surface area contributed by atoms with E-state index >= 15 is 0 Å². The van der Waals surface area contributed by atoms with Gasteiger partial charge >= 0.3 is 0 Å². The summed E-state index contributed by atoms with van der Waals surface area (Å²) in [5, 5.41) is 2.88. The number of benzene rings is 2. The zero-order valence-corrected chi connectivity index (χ0v) is 22.3. The lowest BCUT2D eigenvalue weighted by Gasteiger charge is -2.33. The predicted octanol–water partition coefficient (Wildman–Crippen LogP) is 3.49. The highest BCUT2D eigenvalue weighted by molar-refractivity contribution is 7.92. The quantitative estimate of drug-likeness (QED) is 0.478. The molecule has 1 atom stereocenters. The maximum absolute atomic E-state index is 13.7. The highest BCUT2D eigenvalue weighted by Gasteiger charge is 2.32. The van der Waals surface area contributed by atoms with Crippen LogP contribution in [0.1, 0.15) is 45.2 Å². The van der Waals surface area contributed by atoms with Crippen molar-refractivity contribution in [2.45, 2.75) is 59.7 Å². The van der Waals surface area contributed by atoms with Crippen molar-refractivity contribution in [1.82, 2.24) is 10.2 Å². The van der Waals surface area contributed by atoms with Crippen LogP contribution in [0.4, 0.5) is 5.69 Å². The Labute approximate surface area is 209 Å². The van der Waals surface area contributed by atoms with Crippen molar-refractivity contribution in [3.8, 4) is 5.75 Å². The third-order valence-electron chi connectivity index (χ3n) is 5.40. The molecule has 2 rings (SSSR count). The van der Waals surface area contributed by atoms with Gasteiger partial charge in [0.1, 0.15) is 18.3 Å². The van der Waals surface area contributed by atoms with Crippen LogP contribution >= 0.6 is 0 Å². The molecule has 2 aromatic carbocycles. The standard InChI is InChI=1S/C26H37N3O5S/c1-7-22(26(31)27-19(3)4)28(17-21-15-13-20(5)14-16-21)25(30)18-29(35(6,32)33)23-11-9-10-12-24(23)34-8-2/h9-16,19,22H,7-8,17-18H2,1-6H3,(H,27,31)/t22-/m0/s1. The molecule has 0 heterocycles. The number of hydrogen-bond donors (Lipinski definition) is 1. The number of sulfonamides is 1. The fraction of sp³-hybridized carbons (Fsp3) is 0.462. The van der Waals surface area contributed by atoms with E-state index in [1.165, 1.54) is 4.90 Å². The molecule has 192 valence electrons. The lowest BCUT2D eigenvalue weighted by atomic mass is 10.1. The first-order valence-corrected chi connectivity index (χ1v) is 13.7. The first-order valence-electron chi connectivity index (χ1n) is 11.8. The summed E-state index contributed by atoms with van der Waals surface area (Å²) in [5.74, 6) is -0.389. The summed E-state index contributed by atoms with van der Waals surface area (Å²) in [7, 11) is -3.83. The Hall–Kier alpha value is -3.07. The molecule has 0 unspecified atom stereocenters. The van der Waals surface area contributed by atoms with Gasteiger partial charge in [0.15, 0.2) is 0 Å². The average molecular weight is 504 g/mol. The molecule has 0 fully saturated rings. The van der Waals surface area contributed by atoms with Gasteiger partial charge in [0, 0.05) is 12.6 Å². The Kier molecular flexibility index (Phi) is 10.1. The molecule has 0 saturated carbocycles. The Balaban J connectivity index is 2.47. The van der Waals surface area contributed by atoms with Crippen LogP contribution in [0, 0.1) is 6.92 Å². The van der Waals surface area contributed by atoms with Crippen molar-refractivity contribution >= 4 is 27.5 Å². The SMILES string of the molecule is CCOc1ccccc1N(CC(=O)N(Cc1ccc(C)cc1)[C@@H](CC)C(=O)NC(C)C)S(C)(=O)=O. The summed E-state index contributed by atoms with van der Waals surface area (Å²) >= 11 is 0. The second kappa shape index (κ2) is 12.6. The zero-order chi connectivity index (χ0) is 26.2. The summed E-state index contributed by atoms with van der Waals surface area (Å²) in [6, 6.07) is 13.5. The molecule has 0 aliphatic heterocycles. The minimum atomic E-state index is -3.83. The van der Waals surface area contributed by atoms with Crippen LogP contribution in [0.3, 0.4) is 0 Å². The number of nitrogens with zero attached hydrogens (tertiary/aromatic N) is 2. The molecule has 8 nitrogen and oxygen atoms in total. The van der Waals surface area contributed by atoms with Gasteiger partial charge in [-0.2, -0.15) is 0 Å². The van der Waals surface area contributed by atoms with Gasteiger partial charge in [0.25, 0.3) is 0 Å². The van der Waals surface area contributed by atoms with E-state index in [-0.39, 0.29) is 24.2 Å². The number of anilines is 1. The Bertz CT molecular complexity index is 1100. The van der Waals surface area contributed by atoms with Crippen molar-refractivity contribution in [1.29, 1.82) is 0 Å². The lowest BCUT2D eigenvalue weighted by Crippen LogP contribution is -2.53. The molecular formula is C26H37N3O5S. The Morgan fingerprint density at radius 1 is 1.03 bits per heavy atom. The fourth-order valence-electron chi connectivity index (χ4n) is 3.73. The van der Waals surface area contributed by atoms with E-state index in [1.54, 1.807) is 31.2 Å². The van der Waals surface area contributed by atoms with E-state index in [4.69, 9.17) is 4.74 Å². The Morgan fingerprint density at radius 2 is 1.66 bits per heavy atom. The second-order valence-corrected chi connectivity index (χ2v) is 10.7. The van der Waals surface area contributed by atoms with Crippen molar-refractivity contribution in [2.24, 2.45) is 0 Å². The van der Waals surface area contributed by atoms with Crippen LogP contribution in [0.15, 0.2) is 48.5 Å². The molecule has 1 N–H and O–H groups in total. The van der Waals surface area contributed by atoms with Crippen molar-refractivity contribution in [3.63, 3.8) is 0 Å². The largest absolute Gasteiger partial charge is 0.492 e. The van der Waals surface area contributed by atoms with Crippen LogP contribution in [0.5, 0.6) is 5.75 Å². The molecule has 0 saturated heterocycles. The van der Waals surface area contributed by atoms with E-state index < -0.39 is 28.5 Å². The normalized spacial score (nSPS) is 12.2. The lowest BCUT2D eigenvalue weighted by molar-refractivity contribution is -0.140. The number of carbonyl (C=O) groups excluding carboxylic acids is 2. The number of rotatable bonds is 12. The average Bonchev–Trinajstić information content (AvgIpc) is 2.78. The summed E-state index contributed by atoms with van der Waals surface area (Å²) in [6.07, 6.45) is 1.43. The van der Waals surface area contributed by atoms with E-state index in [9.17, 15) is 18.0 Å². The summed E-state index contributed by atoms with van der Waals surface area (Å²) < 4.78 is 32.2. The molecule has 9 heteroatoms. The van der Waals surface area contributed by atoms with Gasteiger partial charge in [0.05, 0.1) is 18.6 Å². The molecule has 2 amide bonds. The Morgan fingerprint density at radius 3 is 2.20 bits per heavy atom. The number of para-hydroxylation sites is 2. The van der Waals surface area contributed by atoms with Crippen LogP contribution in [0.2, 0.25) is 0 Å². The summed E-state index contributed by atoms with van der Waals surface area (Å²) in [5.41, 5.74) is 2.20. The smallest absolute Gasteiger partial charge is 0.244 e. The van der Waals surface area contributed by atoms with Gasteiger partial charge in [-0.25, -0.2) is 8.42 Å². The minimum Gasteiger partial charge on any atom is -0.492 e. The molecule has 0 spiro atoms. The highest BCUT2D eigenvalue weighted by atomic mass is 32.2. The maximum Gasteiger partial charge on any atom is 0.244 e. The maximum atomic E-state index is 13.7. The van der Waals surface area contributed by atoms with Gasteiger partial charge in [0.2, 0.25) is 21.8 Å². The fourth-order valence-corrected chi connectivity index (χ4v) is 4.58. The summed E-state index contributed by atoms with van der Waals surface area (Å²) in [6.45, 7) is 9.37. The number of carbonyl (C=O) groups is 2. The second-order valence-electron chi connectivity index (χ2n) is 8.76. The third kappa shape index (κ3) is 7.99. The number of aryl methyl sites for hydroxylation is 1. The molecular weight excluding hydrogens is 466 g/mol. The van der Waals surface area contributed by atoms with Crippen LogP contribution < -0.4 is 14.4 Å². The van der Waals surface area contributed by atoms with Crippen molar-refractivity contribution in [2.75, 3.05) is 23.7 Å². The molecule has 0 aromatic heterocycles. The van der Waals surface area contributed by atoms with E-state index in [0.29, 0.717) is 18.8 Å². The molecule has 0 aliphatic rings. The van der Waals surface area contributed by atoms with Gasteiger partial charge in [-0.05, 0) is 51.8 Å². The van der Waals surface area contributed by atoms with Gasteiger partial charge < -0.3 is 15.0 Å². The predicted molar refractivity (Wildman–Crippen MR) is 139 cm³/mol. The topological polar surface area (TPSA) is 96.0 Å². The first-order chi connectivity index (χ1) is 16.5. The molecule has 0 radical (unpaired) electrons. The first kappa shape index (κ1) is 28.2. The van der Waals surface area contributed by atoms with E-state index in [0.717, 1.165) is 21.7 Å². The molecule has 0 bridgehead atoms. The monoisotopic (exact) mass is 503 g/mol. The number of amides is 2. The molecule has 35 heavy (non-hydrogen) atoms. The van der Waals surface area contributed by atoms with Gasteiger partial charge in [-0.1, -0.05) is 48.9 Å². The van der Waals surface area contributed by atoms with Crippen molar-refractivity contribution < 1.29 is 22.7 Å². The van der Waals surface area contributed by atoms with Crippen LogP contribution in [0.25, 0.3) is 0 Å². The van der Waals surface area contributed by atoms with Gasteiger partial charge in [-0.15, -0.1) is 0 Å². The minimum absolute atomic E-state index is 0.0986. The third-order valence-corrected chi connectivity index (χ3v) is 6.53. The number of nitrogens with one attached hydrogen (secondary N) is 1. The zero-order valence-electron chi connectivity index (χ0n) is 21.4. The van der Waals surface area contributed by atoms with Crippen molar-refractivity contribution in [3.05, 3.63) is 59.7 Å². The number of ether oxygens (including phenoxy) is 1. The van der Waals surface area contributed by atoms with E-state index in [1.807, 2.05) is 52.0 Å². The van der Waals surface area contributed by atoms with Crippen LogP contribution in [-0.4, -0.2) is 56.6 Å². The summed E-state index contributed by atoms with van der Waals surface area (Å²) in [4.78, 5) is 28.2.